The van der Waals surface area contributed by atoms with Crippen molar-refractivity contribution >= 4 is 85.1 Å². The van der Waals surface area contributed by atoms with Gasteiger partial charge >= 0.3 is 0 Å². The molecule has 0 amide bonds. The van der Waals surface area contributed by atoms with E-state index in [0.717, 1.165) is 28.4 Å². The molecule has 0 atom stereocenters. The lowest BCUT2D eigenvalue weighted by molar-refractivity contribution is 1.24. The van der Waals surface area contributed by atoms with E-state index in [1.807, 2.05) is 0 Å². The topological polar surface area (TPSA) is 9.72 Å². The number of nitrogens with zero attached hydrogens (tertiary/aromatic N) is 3. The van der Waals surface area contributed by atoms with Crippen LogP contribution >= 0.6 is 0 Å². The molecule has 0 aromatic heterocycles. The second-order valence-corrected chi connectivity index (χ2v) is 14.6. The van der Waals surface area contributed by atoms with Crippen molar-refractivity contribution in [1.82, 2.24) is 0 Å². The average Bonchev–Trinajstić information content (AvgIpc) is 3.27. The molecule has 11 rings (SSSR count). The third-order valence-electron chi connectivity index (χ3n) is 11.4. The maximum Gasteiger partial charge on any atom is 0.252 e. The molecule has 0 N–H and O–H groups in total. The summed E-state index contributed by atoms with van der Waals surface area (Å²) in [5, 5.41) is 2.47. The van der Waals surface area contributed by atoms with Crippen molar-refractivity contribution in [1.29, 1.82) is 0 Å². The summed E-state index contributed by atoms with van der Waals surface area (Å²) in [5.74, 6) is 0. The molecule has 0 spiro atoms. The van der Waals surface area contributed by atoms with Crippen LogP contribution in [-0.2, 0) is 0 Å². The Balaban J connectivity index is 1.15. The molecule has 0 aliphatic carbocycles. The van der Waals surface area contributed by atoms with Crippen LogP contribution in [0, 0.1) is 0 Å². The summed E-state index contributed by atoms with van der Waals surface area (Å²) < 4.78 is 0. The Morgan fingerprint density at radius 2 is 0.857 bits per heavy atom. The zero-order valence-corrected chi connectivity index (χ0v) is 30.7. The first kappa shape index (κ1) is 32.2. The number of hydrogen-bond donors (Lipinski definition) is 0. The van der Waals surface area contributed by atoms with E-state index in [4.69, 9.17) is 0 Å². The molecule has 2 aliphatic heterocycles. The van der Waals surface area contributed by atoms with Crippen molar-refractivity contribution in [3.63, 3.8) is 0 Å². The number of rotatable bonds is 6. The quantitative estimate of drug-likeness (QED) is 0.159. The van der Waals surface area contributed by atoms with E-state index in [9.17, 15) is 0 Å². The Hall–Kier alpha value is -7.30. The summed E-state index contributed by atoms with van der Waals surface area (Å²) in [4.78, 5) is 7.32. The van der Waals surface area contributed by atoms with Crippen molar-refractivity contribution in [3.05, 3.63) is 218 Å². The van der Waals surface area contributed by atoms with E-state index in [0.29, 0.717) is 0 Å². The Labute approximate surface area is 328 Å². The van der Waals surface area contributed by atoms with Crippen molar-refractivity contribution in [2.24, 2.45) is 0 Å². The lowest BCUT2D eigenvalue weighted by atomic mass is 9.33. The SMILES string of the molecule is c1ccc(-c2ccc(N3c4cc(N(c5ccccc5)c5ccccc5)ccc4B4c5ccccc5N(c5ccc6ccccc6c5)c5cccc3c54)cc2)cc1. The summed E-state index contributed by atoms with van der Waals surface area (Å²) >= 11 is 0. The van der Waals surface area contributed by atoms with Crippen LogP contribution in [0.15, 0.2) is 218 Å². The molecule has 0 saturated heterocycles. The second kappa shape index (κ2) is 13.2. The summed E-state index contributed by atoms with van der Waals surface area (Å²) in [6.07, 6.45) is 0. The first-order chi connectivity index (χ1) is 27.8. The summed E-state index contributed by atoms with van der Waals surface area (Å²) in [5.41, 5.74) is 16.7. The predicted octanol–water partition coefficient (Wildman–Crippen LogP) is 12.1. The van der Waals surface area contributed by atoms with Crippen LogP contribution in [0.5, 0.6) is 0 Å². The molecule has 2 aliphatic rings. The normalized spacial score (nSPS) is 12.5. The molecule has 0 saturated carbocycles. The van der Waals surface area contributed by atoms with Gasteiger partial charge in [-0.25, -0.2) is 0 Å². The van der Waals surface area contributed by atoms with Gasteiger partial charge in [-0.3, -0.25) is 0 Å². The standard InChI is InChI=1S/C52H36BN3/c1-4-15-37(16-5-1)39-27-30-43(31-28-39)55-49-25-14-26-50-52(49)53(46-23-12-13-24-48(46)56(50)44-32-29-38-17-10-11-18-40(38)35-44)47-34-33-45(36-51(47)55)54(41-19-6-2-7-20-41)42-21-8-3-9-22-42/h1-36H. The second-order valence-electron chi connectivity index (χ2n) is 14.6. The lowest BCUT2D eigenvalue weighted by Gasteiger charge is -2.44. The zero-order valence-electron chi connectivity index (χ0n) is 30.7. The van der Waals surface area contributed by atoms with Gasteiger partial charge in [0, 0.05) is 51.2 Å². The number of hydrogen-bond acceptors (Lipinski definition) is 3. The van der Waals surface area contributed by atoms with Crippen molar-refractivity contribution in [3.8, 4) is 11.1 Å². The van der Waals surface area contributed by atoms with Gasteiger partial charge < -0.3 is 14.7 Å². The van der Waals surface area contributed by atoms with Crippen LogP contribution in [0.25, 0.3) is 21.9 Å². The van der Waals surface area contributed by atoms with E-state index >= 15 is 0 Å². The third kappa shape index (κ3) is 5.22. The van der Waals surface area contributed by atoms with E-state index in [1.165, 1.54) is 61.0 Å². The Kier molecular flexibility index (Phi) is 7.60. The number of anilines is 9. The molecule has 262 valence electrons. The van der Waals surface area contributed by atoms with Crippen LogP contribution in [-0.4, -0.2) is 6.71 Å². The van der Waals surface area contributed by atoms with E-state index in [-0.39, 0.29) is 6.71 Å². The van der Waals surface area contributed by atoms with Gasteiger partial charge in [-0.2, -0.15) is 0 Å². The highest BCUT2D eigenvalue weighted by Gasteiger charge is 2.43. The summed E-state index contributed by atoms with van der Waals surface area (Å²) in [6.45, 7) is 0.0416. The van der Waals surface area contributed by atoms with Crippen LogP contribution in [0.3, 0.4) is 0 Å². The summed E-state index contributed by atoms with van der Waals surface area (Å²) in [6, 6.07) is 79.5. The molecular weight excluding hydrogens is 677 g/mol. The molecule has 3 nitrogen and oxygen atoms in total. The van der Waals surface area contributed by atoms with Gasteiger partial charge in [0.25, 0.3) is 6.71 Å². The molecule has 4 heteroatoms. The van der Waals surface area contributed by atoms with Gasteiger partial charge in [0.05, 0.1) is 0 Å². The molecular formula is C52H36BN3. The van der Waals surface area contributed by atoms with Gasteiger partial charge in [-0.1, -0.05) is 140 Å². The molecule has 9 aromatic rings. The number of fused-ring (bicyclic) bond motifs is 5. The molecule has 2 heterocycles. The zero-order chi connectivity index (χ0) is 37.0. The van der Waals surface area contributed by atoms with Gasteiger partial charge in [0.1, 0.15) is 0 Å². The minimum atomic E-state index is 0.0416. The van der Waals surface area contributed by atoms with Crippen LogP contribution in [0.2, 0.25) is 0 Å². The monoisotopic (exact) mass is 713 g/mol. The third-order valence-corrected chi connectivity index (χ3v) is 11.4. The Morgan fingerprint density at radius 3 is 1.57 bits per heavy atom. The highest BCUT2D eigenvalue weighted by molar-refractivity contribution is 7.00. The Bertz CT molecular complexity index is 2840. The fourth-order valence-corrected chi connectivity index (χ4v) is 8.92. The first-order valence-corrected chi connectivity index (χ1v) is 19.3. The van der Waals surface area contributed by atoms with E-state index in [1.54, 1.807) is 0 Å². The average molecular weight is 714 g/mol. The summed E-state index contributed by atoms with van der Waals surface area (Å²) in [7, 11) is 0. The van der Waals surface area contributed by atoms with Gasteiger partial charge in [0.2, 0.25) is 0 Å². The molecule has 0 bridgehead atoms. The van der Waals surface area contributed by atoms with Gasteiger partial charge in [-0.05, 0) is 117 Å². The fraction of sp³-hybridized carbons (Fsp3) is 0. The minimum absolute atomic E-state index is 0.0416. The number of benzene rings is 9. The maximum absolute atomic E-state index is 2.49. The van der Waals surface area contributed by atoms with Crippen molar-refractivity contribution < 1.29 is 0 Å². The fourth-order valence-electron chi connectivity index (χ4n) is 8.92. The maximum atomic E-state index is 2.49. The molecule has 0 radical (unpaired) electrons. The van der Waals surface area contributed by atoms with E-state index < -0.39 is 0 Å². The lowest BCUT2D eigenvalue weighted by Crippen LogP contribution is -2.61. The van der Waals surface area contributed by atoms with Crippen LogP contribution in [0.1, 0.15) is 0 Å². The largest absolute Gasteiger partial charge is 0.311 e. The highest BCUT2D eigenvalue weighted by Crippen LogP contribution is 2.46. The first-order valence-electron chi connectivity index (χ1n) is 19.3. The van der Waals surface area contributed by atoms with Crippen molar-refractivity contribution in [2.75, 3.05) is 14.7 Å². The molecule has 9 aromatic carbocycles. The minimum Gasteiger partial charge on any atom is -0.311 e. The van der Waals surface area contributed by atoms with Gasteiger partial charge in [0.15, 0.2) is 0 Å². The van der Waals surface area contributed by atoms with Gasteiger partial charge in [-0.15, -0.1) is 0 Å². The van der Waals surface area contributed by atoms with E-state index in [2.05, 4.69) is 233 Å². The number of para-hydroxylation sites is 3. The smallest absolute Gasteiger partial charge is 0.252 e. The Morgan fingerprint density at radius 1 is 0.321 bits per heavy atom. The van der Waals surface area contributed by atoms with Crippen molar-refractivity contribution in [2.45, 2.75) is 0 Å². The highest BCUT2D eigenvalue weighted by atomic mass is 15.2. The predicted molar refractivity (Wildman–Crippen MR) is 238 cm³/mol. The van der Waals surface area contributed by atoms with Crippen LogP contribution in [0.4, 0.5) is 51.2 Å². The molecule has 56 heavy (non-hydrogen) atoms. The molecule has 0 fully saturated rings. The van der Waals surface area contributed by atoms with Crippen LogP contribution < -0.4 is 31.1 Å². The molecule has 0 unspecified atom stereocenters.